The lowest BCUT2D eigenvalue weighted by molar-refractivity contribution is 0.419. The predicted octanol–water partition coefficient (Wildman–Crippen LogP) is 3.21. The van der Waals surface area contributed by atoms with Crippen LogP contribution in [0.25, 0.3) is 10.9 Å². The molecule has 0 spiro atoms. The van der Waals surface area contributed by atoms with Crippen LogP contribution in [0.2, 0.25) is 5.02 Å². The summed E-state index contributed by atoms with van der Waals surface area (Å²) in [5, 5.41) is 1.68. The van der Waals surface area contributed by atoms with Crippen LogP contribution in [0.4, 0.5) is 0 Å². The second-order valence-electron chi connectivity index (χ2n) is 3.13. The number of rotatable bonds is 1. The molecule has 0 saturated heterocycles. The highest BCUT2D eigenvalue weighted by Gasteiger charge is 2.03. The average molecular weight is 208 g/mol. The van der Waals surface area contributed by atoms with Crippen LogP contribution in [0.5, 0.6) is 5.75 Å². The summed E-state index contributed by atoms with van der Waals surface area (Å²) in [7, 11) is 1.66. The lowest BCUT2D eigenvalue weighted by atomic mass is 10.2. The van der Waals surface area contributed by atoms with Crippen molar-refractivity contribution in [1.29, 1.82) is 0 Å². The Hall–Kier alpha value is -1.28. The van der Waals surface area contributed by atoms with E-state index in [0.29, 0.717) is 5.02 Å². The van der Waals surface area contributed by atoms with Gasteiger partial charge in [-0.1, -0.05) is 11.6 Å². The minimum absolute atomic E-state index is 0.692. The van der Waals surface area contributed by atoms with Crippen molar-refractivity contribution in [1.82, 2.24) is 4.98 Å². The van der Waals surface area contributed by atoms with Crippen LogP contribution in [0.15, 0.2) is 24.3 Å². The molecule has 0 aliphatic heterocycles. The number of methoxy groups -OCH3 is 1. The molecule has 1 aromatic carbocycles. The van der Waals surface area contributed by atoms with Gasteiger partial charge in [-0.15, -0.1) is 0 Å². The summed E-state index contributed by atoms with van der Waals surface area (Å²) >= 11 is 5.89. The zero-order valence-electron chi connectivity index (χ0n) is 8.04. The Balaban J connectivity index is 2.81. The third-order valence-electron chi connectivity index (χ3n) is 2.08. The average Bonchev–Trinajstić information content (AvgIpc) is 2.15. The maximum atomic E-state index is 5.89. The molecule has 1 heterocycles. The summed E-state index contributed by atoms with van der Waals surface area (Å²) < 4.78 is 5.27. The van der Waals surface area contributed by atoms with Crippen LogP contribution in [0.1, 0.15) is 5.69 Å². The number of fused-ring (bicyclic) bond motifs is 1. The standard InChI is InChI=1S/C11H10ClNO/c1-7-5-11(14-2)9-4-3-8(12)6-10(9)13-7/h3-6H,1-2H3. The summed E-state index contributed by atoms with van der Waals surface area (Å²) in [6.45, 7) is 1.93. The van der Waals surface area contributed by atoms with E-state index in [4.69, 9.17) is 16.3 Å². The Morgan fingerprint density at radius 1 is 1.29 bits per heavy atom. The quantitative estimate of drug-likeness (QED) is 0.717. The molecule has 0 amide bonds. The Morgan fingerprint density at radius 3 is 2.79 bits per heavy atom. The van der Waals surface area contributed by atoms with Gasteiger partial charge in [0.05, 0.1) is 12.6 Å². The molecule has 0 aliphatic rings. The van der Waals surface area contributed by atoms with Crippen molar-refractivity contribution in [3.8, 4) is 5.75 Å². The molecule has 0 unspecified atom stereocenters. The molecule has 0 atom stereocenters. The Bertz CT molecular complexity index is 477. The third-order valence-corrected chi connectivity index (χ3v) is 2.32. The van der Waals surface area contributed by atoms with Crippen molar-refractivity contribution in [2.45, 2.75) is 6.92 Å². The van der Waals surface area contributed by atoms with Gasteiger partial charge in [-0.3, -0.25) is 4.98 Å². The predicted molar refractivity (Wildman–Crippen MR) is 58.0 cm³/mol. The topological polar surface area (TPSA) is 22.1 Å². The van der Waals surface area contributed by atoms with Crippen molar-refractivity contribution >= 4 is 22.5 Å². The van der Waals surface area contributed by atoms with E-state index in [2.05, 4.69) is 4.98 Å². The van der Waals surface area contributed by atoms with Crippen molar-refractivity contribution < 1.29 is 4.74 Å². The van der Waals surface area contributed by atoms with Gasteiger partial charge in [0.2, 0.25) is 0 Å². The molecule has 72 valence electrons. The van der Waals surface area contributed by atoms with E-state index in [-0.39, 0.29) is 0 Å². The minimum atomic E-state index is 0.692. The van der Waals surface area contributed by atoms with Gasteiger partial charge < -0.3 is 4.74 Å². The number of ether oxygens (including phenoxy) is 1. The molecular formula is C11H10ClNO. The molecule has 0 N–H and O–H groups in total. The lowest BCUT2D eigenvalue weighted by Gasteiger charge is -2.06. The number of hydrogen-bond donors (Lipinski definition) is 0. The van der Waals surface area contributed by atoms with E-state index < -0.39 is 0 Å². The summed E-state index contributed by atoms with van der Waals surface area (Å²) in [4.78, 5) is 4.38. The molecular weight excluding hydrogens is 198 g/mol. The summed E-state index contributed by atoms with van der Waals surface area (Å²) in [5.74, 6) is 0.837. The van der Waals surface area contributed by atoms with E-state index in [1.54, 1.807) is 7.11 Å². The van der Waals surface area contributed by atoms with Crippen LogP contribution >= 0.6 is 11.6 Å². The first-order chi connectivity index (χ1) is 6.70. The van der Waals surface area contributed by atoms with Crippen LogP contribution in [-0.2, 0) is 0 Å². The van der Waals surface area contributed by atoms with E-state index in [1.807, 2.05) is 31.2 Å². The van der Waals surface area contributed by atoms with Gasteiger partial charge in [-0.05, 0) is 25.1 Å². The number of halogens is 1. The Labute approximate surface area is 87.5 Å². The van der Waals surface area contributed by atoms with Gasteiger partial charge in [0.25, 0.3) is 0 Å². The number of aromatic nitrogens is 1. The van der Waals surface area contributed by atoms with Crippen LogP contribution in [0.3, 0.4) is 0 Å². The van der Waals surface area contributed by atoms with Crippen LogP contribution in [0, 0.1) is 6.92 Å². The van der Waals surface area contributed by atoms with E-state index in [9.17, 15) is 0 Å². The van der Waals surface area contributed by atoms with Crippen molar-refractivity contribution in [3.05, 3.63) is 35.0 Å². The first-order valence-corrected chi connectivity index (χ1v) is 4.69. The number of nitrogens with zero attached hydrogens (tertiary/aromatic N) is 1. The summed E-state index contributed by atoms with van der Waals surface area (Å²) in [5.41, 5.74) is 1.80. The largest absolute Gasteiger partial charge is 0.496 e. The Kier molecular flexibility index (Phi) is 2.30. The number of aryl methyl sites for hydroxylation is 1. The molecule has 14 heavy (non-hydrogen) atoms. The molecule has 0 aliphatic carbocycles. The first kappa shape index (κ1) is 9.28. The van der Waals surface area contributed by atoms with Crippen LogP contribution in [-0.4, -0.2) is 12.1 Å². The fourth-order valence-electron chi connectivity index (χ4n) is 1.46. The highest BCUT2D eigenvalue weighted by molar-refractivity contribution is 6.31. The van der Waals surface area contributed by atoms with Gasteiger partial charge in [0.15, 0.2) is 0 Å². The zero-order valence-corrected chi connectivity index (χ0v) is 8.80. The molecule has 3 heteroatoms. The molecule has 0 fully saturated rings. The second kappa shape index (κ2) is 3.46. The highest BCUT2D eigenvalue weighted by Crippen LogP contribution is 2.27. The van der Waals surface area contributed by atoms with Gasteiger partial charge in [-0.25, -0.2) is 0 Å². The number of pyridine rings is 1. The summed E-state index contributed by atoms with van der Waals surface area (Å²) in [6.07, 6.45) is 0. The normalized spacial score (nSPS) is 10.5. The van der Waals surface area contributed by atoms with Crippen LogP contribution < -0.4 is 4.74 Å². The molecule has 0 radical (unpaired) electrons. The number of benzene rings is 1. The monoisotopic (exact) mass is 207 g/mol. The van der Waals surface area contributed by atoms with Crippen molar-refractivity contribution in [2.75, 3.05) is 7.11 Å². The van der Waals surface area contributed by atoms with E-state index >= 15 is 0 Å². The van der Waals surface area contributed by atoms with Gasteiger partial charge >= 0.3 is 0 Å². The lowest BCUT2D eigenvalue weighted by Crippen LogP contribution is -1.89. The SMILES string of the molecule is COc1cc(C)nc2cc(Cl)ccc12. The Morgan fingerprint density at radius 2 is 2.07 bits per heavy atom. The molecule has 0 saturated carbocycles. The van der Waals surface area contributed by atoms with Crippen molar-refractivity contribution in [3.63, 3.8) is 0 Å². The fourth-order valence-corrected chi connectivity index (χ4v) is 1.63. The van der Waals surface area contributed by atoms with Gasteiger partial charge in [0, 0.05) is 22.2 Å². The van der Waals surface area contributed by atoms with E-state index in [0.717, 1.165) is 22.3 Å². The minimum Gasteiger partial charge on any atom is -0.496 e. The van der Waals surface area contributed by atoms with Gasteiger partial charge in [0.1, 0.15) is 5.75 Å². The maximum Gasteiger partial charge on any atom is 0.130 e. The molecule has 0 bridgehead atoms. The smallest absolute Gasteiger partial charge is 0.130 e. The molecule has 1 aromatic heterocycles. The summed E-state index contributed by atoms with van der Waals surface area (Å²) in [6, 6.07) is 7.51. The molecule has 2 nitrogen and oxygen atoms in total. The zero-order chi connectivity index (χ0) is 10.1. The second-order valence-corrected chi connectivity index (χ2v) is 3.56. The molecule has 2 rings (SSSR count). The van der Waals surface area contributed by atoms with Crippen molar-refractivity contribution in [2.24, 2.45) is 0 Å². The fraction of sp³-hybridized carbons (Fsp3) is 0.182. The highest BCUT2D eigenvalue weighted by atomic mass is 35.5. The van der Waals surface area contributed by atoms with Gasteiger partial charge in [-0.2, -0.15) is 0 Å². The van der Waals surface area contributed by atoms with E-state index in [1.165, 1.54) is 0 Å². The maximum absolute atomic E-state index is 5.89. The third kappa shape index (κ3) is 1.53. The molecule has 2 aromatic rings. The first-order valence-electron chi connectivity index (χ1n) is 4.31. The number of hydrogen-bond acceptors (Lipinski definition) is 2.